The second-order valence-corrected chi connectivity index (χ2v) is 7.10. The van der Waals surface area contributed by atoms with Crippen molar-refractivity contribution in [2.45, 2.75) is 26.3 Å². The lowest BCUT2D eigenvalue weighted by Gasteiger charge is -2.15. The van der Waals surface area contributed by atoms with Crippen LogP contribution in [0, 0.1) is 0 Å². The van der Waals surface area contributed by atoms with Crippen LogP contribution in [0.25, 0.3) is 0 Å². The number of imide groups is 1. The highest BCUT2D eigenvalue weighted by Gasteiger charge is 2.34. The highest BCUT2D eigenvalue weighted by Crippen LogP contribution is 2.22. The van der Waals surface area contributed by atoms with Gasteiger partial charge in [-0.1, -0.05) is 24.3 Å². The zero-order valence-corrected chi connectivity index (χ0v) is 16.8. The number of urea groups is 1. The van der Waals surface area contributed by atoms with Crippen LogP contribution in [0.3, 0.4) is 0 Å². The number of anilines is 1. The Hall–Kier alpha value is -3.68. The second kappa shape index (κ2) is 9.21. The lowest BCUT2D eigenvalue weighted by Crippen LogP contribution is -2.34. The summed E-state index contributed by atoms with van der Waals surface area (Å²) in [6.07, 6.45) is 0.306. The van der Waals surface area contributed by atoms with Gasteiger partial charge in [-0.3, -0.25) is 14.5 Å². The molecule has 3 rings (SSSR count). The fourth-order valence-electron chi connectivity index (χ4n) is 3.10. The van der Waals surface area contributed by atoms with E-state index < -0.39 is 12.0 Å². The third kappa shape index (κ3) is 4.65. The molecule has 1 aliphatic rings. The first-order chi connectivity index (χ1) is 14.4. The molecule has 2 N–H and O–H groups in total. The summed E-state index contributed by atoms with van der Waals surface area (Å²) < 4.78 is 5.28. The van der Waals surface area contributed by atoms with Gasteiger partial charge in [-0.25, -0.2) is 9.59 Å². The number of hydrogen-bond acceptors (Lipinski definition) is 5. The lowest BCUT2D eigenvalue weighted by molar-refractivity contribution is 0.0483. The van der Waals surface area contributed by atoms with Gasteiger partial charge in [0.1, 0.15) is 0 Å². The highest BCUT2D eigenvalue weighted by molar-refractivity contribution is 6.21. The summed E-state index contributed by atoms with van der Waals surface area (Å²) >= 11 is 0. The maximum Gasteiger partial charge on any atom is 0.340 e. The minimum atomic E-state index is -0.599. The molecule has 2 aromatic carbocycles. The topological polar surface area (TPSA) is 105 Å². The van der Waals surface area contributed by atoms with Crippen LogP contribution in [-0.4, -0.2) is 47.9 Å². The van der Waals surface area contributed by atoms with Gasteiger partial charge in [0.2, 0.25) is 0 Å². The number of carbonyl (C=O) groups is 4. The molecule has 0 atom stereocenters. The molecular weight excluding hydrogens is 386 g/mol. The summed E-state index contributed by atoms with van der Waals surface area (Å²) in [4.78, 5) is 50.2. The maximum absolute atomic E-state index is 12.4. The van der Waals surface area contributed by atoms with E-state index in [0.29, 0.717) is 23.2 Å². The molecule has 0 spiro atoms. The molecule has 8 nitrogen and oxygen atoms in total. The van der Waals surface area contributed by atoms with Crippen molar-refractivity contribution in [3.8, 4) is 0 Å². The number of benzene rings is 2. The molecular formula is C22H23N3O5. The van der Waals surface area contributed by atoms with Crippen LogP contribution in [0.2, 0.25) is 0 Å². The third-order valence-electron chi connectivity index (χ3n) is 4.45. The number of amides is 4. The molecule has 0 bridgehead atoms. The number of fused-ring (bicyclic) bond motifs is 1. The van der Waals surface area contributed by atoms with Gasteiger partial charge in [-0.2, -0.15) is 0 Å². The van der Waals surface area contributed by atoms with Gasteiger partial charge in [-0.15, -0.1) is 0 Å². The zero-order valence-electron chi connectivity index (χ0n) is 16.8. The number of hydrogen-bond donors (Lipinski definition) is 2. The largest absolute Gasteiger partial charge is 0.462 e. The van der Waals surface area contributed by atoms with Gasteiger partial charge >= 0.3 is 12.0 Å². The predicted octanol–water partition coefficient (Wildman–Crippen LogP) is 3.06. The van der Waals surface area contributed by atoms with Crippen LogP contribution in [0.4, 0.5) is 10.5 Å². The van der Waals surface area contributed by atoms with Gasteiger partial charge in [-0.05, 0) is 44.5 Å². The molecule has 156 valence electrons. The van der Waals surface area contributed by atoms with Crippen LogP contribution in [-0.2, 0) is 4.74 Å². The Bertz CT molecular complexity index is 951. The molecule has 0 saturated heterocycles. The lowest BCUT2D eigenvalue weighted by atomic mass is 10.1. The number of esters is 1. The second-order valence-electron chi connectivity index (χ2n) is 7.10. The number of nitrogens with zero attached hydrogens (tertiary/aromatic N) is 1. The summed E-state index contributed by atoms with van der Waals surface area (Å²) in [5.41, 5.74) is 1.33. The average Bonchev–Trinajstić information content (AvgIpc) is 2.95. The van der Waals surface area contributed by atoms with Crippen LogP contribution >= 0.6 is 0 Å². The first-order valence-corrected chi connectivity index (χ1v) is 9.67. The first-order valence-electron chi connectivity index (χ1n) is 9.67. The van der Waals surface area contributed by atoms with Crippen molar-refractivity contribution in [1.29, 1.82) is 0 Å². The molecule has 0 saturated carbocycles. The van der Waals surface area contributed by atoms with Crippen LogP contribution < -0.4 is 10.6 Å². The molecule has 0 unspecified atom stereocenters. The molecule has 0 fully saturated rings. The Morgan fingerprint density at radius 1 is 0.967 bits per heavy atom. The van der Waals surface area contributed by atoms with Crippen molar-refractivity contribution in [2.24, 2.45) is 0 Å². The Morgan fingerprint density at radius 2 is 1.57 bits per heavy atom. The summed E-state index contributed by atoms with van der Waals surface area (Å²) in [7, 11) is 0. The van der Waals surface area contributed by atoms with Gasteiger partial charge in [0.15, 0.2) is 0 Å². The molecule has 4 amide bonds. The van der Waals surface area contributed by atoms with Crippen LogP contribution in [0.1, 0.15) is 51.3 Å². The minimum absolute atomic E-state index is 0.0266. The van der Waals surface area contributed by atoms with Crippen molar-refractivity contribution in [1.82, 2.24) is 10.2 Å². The monoisotopic (exact) mass is 409 g/mol. The summed E-state index contributed by atoms with van der Waals surface area (Å²) in [6.45, 7) is 3.83. The van der Waals surface area contributed by atoms with Crippen LogP contribution in [0.5, 0.6) is 0 Å². The van der Waals surface area contributed by atoms with E-state index in [1.807, 2.05) is 13.8 Å². The van der Waals surface area contributed by atoms with E-state index in [0.717, 1.165) is 4.90 Å². The number of ether oxygens (including phenoxy) is 1. The molecule has 0 aliphatic carbocycles. The zero-order chi connectivity index (χ0) is 21.7. The summed E-state index contributed by atoms with van der Waals surface area (Å²) in [6, 6.07) is 12.7. The van der Waals surface area contributed by atoms with Crippen molar-refractivity contribution >= 4 is 29.5 Å². The average molecular weight is 409 g/mol. The van der Waals surface area contributed by atoms with E-state index in [1.54, 1.807) is 48.5 Å². The van der Waals surface area contributed by atoms with Crippen molar-refractivity contribution in [2.75, 3.05) is 18.5 Å². The van der Waals surface area contributed by atoms with Crippen LogP contribution in [0.15, 0.2) is 48.5 Å². The van der Waals surface area contributed by atoms with E-state index >= 15 is 0 Å². The summed E-state index contributed by atoms with van der Waals surface area (Å²) in [5, 5.41) is 5.32. The van der Waals surface area contributed by atoms with Gasteiger partial charge in [0, 0.05) is 12.6 Å². The van der Waals surface area contributed by atoms with Crippen molar-refractivity contribution < 1.29 is 23.9 Å². The third-order valence-corrected chi connectivity index (χ3v) is 4.45. The Balaban J connectivity index is 1.53. The molecule has 30 heavy (non-hydrogen) atoms. The fourth-order valence-corrected chi connectivity index (χ4v) is 3.10. The fraction of sp³-hybridized carbons (Fsp3) is 0.273. The molecule has 0 aromatic heterocycles. The standard InChI is InChI=1S/C22H23N3O5/c1-14(2)23-22(29)24-18-11-6-5-10-17(18)21(28)30-13-7-12-25-19(26)15-8-3-4-9-16(15)20(25)27/h3-6,8-11,14H,7,12-13H2,1-2H3,(H2,23,24,29). The van der Waals surface area contributed by atoms with E-state index in [4.69, 9.17) is 4.74 Å². The SMILES string of the molecule is CC(C)NC(=O)Nc1ccccc1C(=O)OCCCN1C(=O)c2ccccc2C1=O. The number of nitrogens with one attached hydrogen (secondary N) is 2. The quantitative estimate of drug-likeness (QED) is 0.415. The Kier molecular flexibility index (Phi) is 6.46. The van der Waals surface area contributed by atoms with Crippen molar-refractivity contribution in [3.63, 3.8) is 0 Å². The maximum atomic E-state index is 12.4. The predicted molar refractivity (Wildman–Crippen MR) is 110 cm³/mol. The smallest absolute Gasteiger partial charge is 0.340 e. The normalized spacial score (nSPS) is 12.7. The van der Waals surface area contributed by atoms with Crippen molar-refractivity contribution in [3.05, 3.63) is 65.2 Å². The number of rotatable bonds is 7. The molecule has 0 radical (unpaired) electrons. The summed E-state index contributed by atoms with van der Waals surface area (Å²) in [5.74, 6) is -1.28. The Labute approximate surface area is 174 Å². The number of para-hydroxylation sites is 1. The van der Waals surface area contributed by atoms with E-state index in [1.165, 1.54) is 0 Å². The number of carbonyl (C=O) groups excluding carboxylic acids is 4. The van der Waals surface area contributed by atoms with Gasteiger partial charge < -0.3 is 15.4 Å². The highest BCUT2D eigenvalue weighted by atomic mass is 16.5. The van der Waals surface area contributed by atoms with E-state index in [2.05, 4.69) is 10.6 Å². The molecule has 1 aliphatic heterocycles. The van der Waals surface area contributed by atoms with Gasteiger partial charge in [0.05, 0.1) is 29.0 Å². The van der Waals surface area contributed by atoms with E-state index in [-0.39, 0.29) is 36.6 Å². The minimum Gasteiger partial charge on any atom is -0.462 e. The van der Waals surface area contributed by atoms with E-state index in [9.17, 15) is 19.2 Å². The molecule has 8 heteroatoms. The first kappa shape index (κ1) is 21.0. The van der Waals surface area contributed by atoms with Gasteiger partial charge in [0.25, 0.3) is 11.8 Å². The molecule has 2 aromatic rings. The Morgan fingerprint density at radius 3 is 2.20 bits per heavy atom. The molecule has 1 heterocycles.